The highest BCUT2D eigenvalue weighted by Crippen LogP contribution is 2.48. The molecule has 0 saturated carbocycles. The summed E-state index contributed by atoms with van der Waals surface area (Å²) >= 11 is 0. The molecule has 0 radical (unpaired) electrons. The highest BCUT2D eigenvalue weighted by Gasteiger charge is 2.47. The summed E-state index contributed by atoms with van der Waals surface area (Å²) in [6.45, 7) is 4.02. The van der Waals surface area contributed by atoms with Gasteiger partial charge in [-0.2, -0.15) is 5.26 Å². The molecule has 5 nitrogen and oxygen atoms in total. The number of nitrogens with two attached hydrogens (primary N) is 1. The number of hydrogen-bond donors (Lipinski definition) is 1. The second-order valence-corrected chi connectivity index (χ2v) is 7.53. The molecule has 2 aliphatic rings. The van der Waals surface area contributed by atoms with Gasteiger partial charge in [0.2, 0.25) is 0 Å². The fraction of sp³-hybridized carbons (Fsp3) is 0.350. The average Bonchev–Trinajstić information content (AvgIpc) is 2.96. The zero-order valence-corrected chi connectivity index (χ0v) is 14.2. The fourth-order valence-electron chi connectivity index (χ4n) is 4.11. The molecule has 0 saturated heterocycles. The molecule has 1 unspecified atom stereocenters. The third-order valence-corrected chi connectivity index (χ3v) is 5.14. The first-order chi connectivity index (χ1) is 11.9. The maximum absolute atomic E-state index is 13.0. The molecule has 0 spiro atoms. The van der Waals surface area contributed by atoms with Gasteiger partial charge < -0.3 is 10.2 Å². The van der Waals surface area contributed by atoms with E-state index in [0.717, 1.165) is 16.5 Å². The minimum absolute atomic E-state index is 0.106. The molecular weight excluding hydrogens is 314 g/mol. The van der Waals surface area contributed by atoms with E-state index < -0.39 is 11.8 Å². The number of furan rings is 1. The lowest BCUT2D eigenvalue weighted by Gasteiger charge is -2.39. The number of amidine groups is 1. The Labute approximate surface area is 145 Å². The van der Waals surface area contributed by atoms with Crippen LogP contribution in [-0.4, -0.2) is 11.6 Å². The SMILES string of the molecule is CC1(C)C=C2N=C(N)C(C#N)[C@H](c3coc4ccccc34)[C@H]2C(=O)C1. The molecule has 1 aliphatic carbocycles. The van der Waals surface area contributed by atoms with E-state index in [1.807, 2.05) is 44.2 Å². The molecule has 1 aromatic carbocycles. The van der Waals surface area contributed by atoms with E-state index in [9.17, 15) is 10.1 Å². The van der Waals surface area contributed by atoms with Crippen LogP contribution < -0.4 is 5.73 Å². The molecule has 2 N–H and O–H groups in total. The number of aliphatic imine (C=N–C) groups is 1. The van der Waals surface area contributed by atoms with Gasteiger partial charge in [-0.3, -0.25) is 4.79 Å². The van der Waals surface area contributed by atoms with Gasteiger partial charge in [0.15, 0.2) is 0 Å². The van der Waals surface area contributed by atoms with Gasteiger partial charge >= 0.3 is 0 Å². The van der Waals surface area contributed by atoms with E-state index in [-0.39, 0.29) is 23.0 Å². The number of nitriles is 1. The lowest BCUT2D eigenvalue weighted by Crippen LogP contribution is -2.43. The van der Waals surface area contributed by atoms with Crippen LogP contribution in [0.25, 0.3) is 11.0 Å². The predicted molar refractivity (Wildman–Crippen MR) is 94.7 cm³/mol. The van der Waals surface area contributed by atoms with Gasteiger partial charge in [-0.15, -0.1) is 0 Å². The number of hydrogen-bond acceptors (Lipinski definition) is 5. The van der Waals surface area contributed by atoms with Crippen LogP contribution in [0.5, 0.6) is 0 Å². The molecule has 5 heteroatoms. The van der Waals surface area contributed by atoms with Crippen molar-refractivity contribution in [2.24, 2.45) is 28.0 Å². The summed E-state index contributed by atoms with van der Waals surface area (Å²) in [6.07, 6.45) is 4.11. The van der Waals surface area contributed by atoms with Gasteiger partial charge in [-0.05, 0) is 11.5 Å². The molecule has 126 valence electrons. The van der Waals surface area contributed by atoms with Gasteiger partial charge in [-0.1, -0.05) is 38.1 Å². The molecule has 0 amide bonds. The molecule has 0 fully saturated rings. The summed E-state index contributed by atoms with van der Waals surface area (Å²) in [5.41, 5.74) is 8.13. The molecule has 2 aromatic rings. The number of carbonyl (C=O) groups excluding carboxylic acids is 1. The minimum Gasteiger partial charge on any atom is -0.464 e. The Kier molecular flexibility index (Phi) is 3.33. The number of rotatable bonds is 1. The lowest BCUT2D eigenvalue weighted by molar-refractivity contribution is -0.124. The van der Waals surface area contributed by atoms with E-state index in [4.69, 9.17) is 10.2 Å². The maximum atomic E-state index is 13.0. The monoisotopic (exact) mass is 333 g/mol. The van der Waals surface area contributed by atoms with Crippen LogP contribution in [-0.2, 0) is 4.79 Å². The quantitative estimate of drug-likeness (QED) is 0.864. The molecule has 25 heavy (non-hydrogen) atoms. The van der Waals surface area contributed by atoms with Crippen LogP contribution in [0.4, 0.5) is 0 Å². The van der Waals surface area contributed by atoms with Crippen molar-refractivity contribution in [1.82, 2.24) is 0 Å². The van der Waals surface area contributed by atoms with Gasteiger partial charge in [-0.25, -0.2) is 4.99 Å². The standard InChI is InChI=1S/C20H19N3O2/c1-20(2)7-14-18(15(24)8-20)17(12(9-21)19(22)23-14)13-10-25-16-6-4-3-5-11(13)16/h3-7,10,12,17-18H,8H2,1-2H3,(H2,22,23)/t12?,17-,18-/m1/s1. The minimum atomic E-state index is -0.645. The Morgan fingerprint density at radius 2 is 2.12 bits per heavy atom. The molecule has 1 aliphatic heterocycles. The third kappa shape index (κ3) is 2.37. The van der Waals surface area contributed by atoms with Crippen molar-refractivity contribution >= 4 is 22.6 Å². The van der Waals surface area contributed by atoms with E-state index >= 15 is 0 Å². The number of Topliss-reactive ketones (excluding diaryl/α,β-unsaturated/α-hetero) is 1. The number of allylic oxidation sites excluding steroid dienone is 2. The number of para-hydroxylation sites is 1. The highest BCUT2D eigenvalue weighted by atomic mass is 16.3. The van der Waals surface area contributed by atoms with Crippen molar-refractivity contribution in [3.8, 4) is 6.07 Å². The normalized spacial score (nSPS) is 28.0. The van der Waals surface area contributed by atoms with Crippen LogP contribution in [0, 0.1) is 28.6 Å². The Bertz CT molecular complexity index is 974. The van der Waals surface area contributed by atoms with Crippen LogP contribution in [0.2, 0.25) is 0 Å². The molecular formula is C20H19N3O2. The Morgan fingerprint density at radius 1 is 1.36 bits per heavy atom. The summed E-state index contributed by atoms with van der Waals surface area (Å²) in [5, 5.41) is 10.6. The predicted octanol–water partition coefficient (Wildman–Crippen LogP) is 3.53. The number of ketones is 1. The first-order valence-electron chi connectivity index (χ1n) is 8.36. The summed E-state index contributed by atoms with van der Waals surface area (Å²) < 4.78 is 5.67. The average molecular weight is 333 g/mol. The van der Waals surface area contributed by atoms with Crippen molar-refractivity contribution in [3.05, 3.63) is 47.9 Å². The van der Waals surface area contributed by atoms with Crippen LogP contribution >= 0.6 is 0 Å². The first kappa shape index (κ1) is 15.6. The van der Waals surface area contributed by atoms with Gasteiger partial charge in [0.1, 0.15) is 23.1 Å². The van der Waals surface area contributed by atoms with Crippen molar-refractivity contribution in [2.45, 2.75) is 26.2 Å². The van der Waals surface area contributed by atoms with Crippen LogP contribution in [0.15, 0.2) is 51.7 Å². The zero-order valence-electron chi connectivity index (χ0n) is 14.2. The van der Waals surface area contributed by atoms with Crippen LogP contribution in [0.3, 0.4) is 0 Å². The van der Waals surface area contributed by atoms with E-state index in [2.05, 4.69) is 11.1 Å². The smallest absolute Gasteiger partial charge is 0.143 e. The van der Waals surface area contributed by atoms with Crippen molar-refractivity contribution in [3.63, 3.8) is 0 Å². The highest BCUT2D eigenvalue weighted by molar-refractivity contribution is 5.96. The number of carbonyl (C=O) groups is 1. The second kappa shape index (κ2) is 5.32. The summed E-state index contributed by atoms with van der Waals surface area (Å²) in [6, 6.07) is 9.90. The molecule has 0 bridgehead atoms. The van der Waals surface area contributed by atoms with E-state index in [1.54, 1.807) is 6.26 Å². The van der Waals surface area contributed by atoms with Gasteiger partial charge in [0.05, 0.1) is 23.9 Å². The lowest BCUT2D eigenvalue weighted by atomic mass is 9.65. The van der Waals surface area contributed by atoms with Crippen molar-refractivity contribution < 1.29 is 9.21 Å². The molecule has 1 aromatic heterocycles. The topological polar surface area (TPSA) is 92.4 Å². The van der Waals surface area contributed by atoms with Gasteiger partial charge in [0.25, 0.3) is 0 Å². The largest absolute Gasteiger partial charge is 0.464 e. The number of benzene rings is 1. The Morgan fingerprint density at radius 3 is 2.88 bits per heavy atom. The fourth-order valence-corrected chi connectivity index (χ4v) is 4.11. The Hall–Kier alpha value is -2.87. The Balaban J connectivity index is 1.95. The number of fused-ring (bicyclic) bond motifs is 2. The summed E-state index contributed by atoms with van der Waals surface area (Å²) in [5.74, 6) is -1.10. The number of nitrogens with zero attached hydrogens (tertiary/aromatic N) is 2. The first-order valence-corrected chi connectivity index (χ1v) is 8.36. The summed E-state index contributed by atoms with van der Waals surface area (Å²) in [4.78, 5) is 17.4. The molecule has 4 rings (SSSR count). The van der Waals surface area contributed by atoms with Gasteiger partial charge in [0, 0.05) is 23.3 Å². The molecule has 3 atom stereocenters. The third-order valence-electron chi connectivity index (χ3n) is 5.14. The zero-order chi connectivity index (χ0) is 17.8. The summed E-state index contributed by atoms with van der Waals surface area (Å²) in [7, 11) is 0. The molecule has 2 heterocycles. The maximum Gasteiger partial charge on any atom is 0.143 e. The van der Waals surface area contributed by atoms with Crippen molar-refractivity contribution in [1.29, 1.82) is 5.26 Å². The van der Waals surface area contributed by atoms with E-state index in [1.165, 1.54) is 0 Å². The second-order valence-electron chi connectivity index (χ2n) is 7.53. The van der Waals surface area contributed by atoms with Crippen molar-refractivity contribution in [2.75, 3.05) is 0 Å². The van der Waals surface area contributed by atoms with E-state index in [0.29, 0.717) is 12.1 Å². The van der Waals surface area contributed by atoms with Crippen LogP contribution in [0.1, 0.15) is 31.7 Å².